The van der Waals surface area contributed by atoms with E-state index in [0.29, 0.717) is 12.0 Å². The summed E-state index contributed by atoms with van der Waals surface area (Å²) < 4.78 is 0. The van der Waals surface area contributed by atoms with E-state index in [1.807, 2.05) is 13.8 Å². The Morgan fingerprint density at radius 1 is 1.15 bits per heavy atom. The van der Waals surface area contributed by atoms with Crippen LogP contribution in [0.1, 0.15) is 52.9 Å². The van der Waals surface area contributed by atoms with Gasteiger partial charge in [-0.1, -0.05) is 32.8 Å². The molecule has 0 aliphatic heterocycles. The first-order chi connectivity index (χ1) is 6.17. The average Bonchev–Trinajstić information content (AvgIpc) is 2.11. The van der Waals surface area contributed by atoms with Gasteiger partial charge in [-0.3, -0.25) is 0 Å². The van der Waals surface area contributed by atoms with E-state index in [1.165, 1.54) is 0 Å². The van der Waals surface area contributed by atoms with Crippen molar-refractivity contribution in [1.29, 1.82) is 0 Å². The van der Waals surface area contributed by atoms with Gasteiger partial charge in [0.15, 0.2) is 0 Å². The molecular formula is C11H20O2. The third kappa shape index (κ3) is 4.11. The average molecular weight is 184 g/mol. The van der Waals surface area contributed by atoms with Gasteiger partial charge in [0.1, 0.15) is 0 Å². The summed E-state index contributed by atoms with van der Waals surface area (Å²) in [5, 5.41) is 8.92. The fourth-order valence-electron chi connectivity index (χ4n) is 1.48. The van der Waals surface area contributed by atoms with Crippen LogP contribution in [0.25, 0.3) is 0 Å². The zero-order chi connectivity index (χ0) is 10.3. The first kappa shape index (κ1) is 12.2. The summed E-state index contributed by atoms with van der Waals surface area (Å²) in [6.45, 7) is 6.06. The topological polar surface area (TPSA) is 37.3 Å². The van der Waals surface area contributed by atoms with Crippen molar-refractivity contribution in [3.05, 3.63) is 11.1 Å². The molecule has 0 aliphatic rings. The van der Waals surface area contributed by atoms with E-state index in [0.717, 1.165) is 31.3 Å². The van der Waals surface area contributed by atoms with Gasteiger partial charge in [-0.05, 0) is 25.7 Å². The smallest absolute Gasteiger partial charge is 0.331 e. The molecule has 0 bridgehead atoms. The van der Waals surface area contributed by atoms with Gasteiger partial charge in [-0.2, -0.15) is 0 Å². The molecule has 0 radical (unpaired) electrons. The van der Waals surface area contributed by atoms with E-state index in [-0.39, 0.29) is 0 Å². The maximum Gasteiger partial charge on any atom is 0.331 e. The summed E-state index contributed by atoms with van der Waals surface area (Å²) in [6.07, 6.45) is 4.68. The van der Waals surface area contributed by atoms with Gasteiger partial charge in [-0.15, -0.1) is 0 Å². The molecule has 2 nitrogen and oxygen atoms in total. The molecule has 0 heterocycles. The van der Waals surface area contributed by atoms with Crippen LogP contribution in [0.4, 0.5) is 0 Å². The van der Waals surface area contributed by atoms with Crippen molar-refractivity contribution in [3.63, 3.8) is 0 Å². The normalized spacial score (nSPS) is 12.5. The van der Waals surface area contributed by atoms with Crippen LogP contribution in [0.3, 0.4) is 0 Å². The van der Waals surface area contributed by atoms with Crippen molar-refractivity contribution >= 4 is 5.97 Å². The molecule has 0 aromatic rings. The summed E-state index contributed by atoms with van der Waals surface area (Å²) >= 11 is 0. The first-order valence-electron chi connectivity index (χ1n) is 5.11. The van der Waals surface area contributed by atoms with Crippen LogP contribution >= 0.6 is 0 Å². The van der Waals surface area contributed by atoms with Gasteiger partial charge in [-0.25, -0.2) is 4.79 Å². The van der Waals surface area contributed by atoms with Crippen molar-refractivity contribution in [2.75, 3.05) is 0 Å². The SMILES string of the molecule is CCCCC(CC)=C(CC)C(=O)O. The summed E-state index contributed by atoms with van der Waals surface area (Å²) in [7, 11) is 0. The zero-order valence-corrected chi connectivity index (χ0v) is 8.89. The number of hydrogen-bond donors (Lipinski definition) is 1. The summed E-state index contributed by atoms with van der Waals surface area (Å²) in [4.78, 5) is 10.8. The summed E-state index contributed by atoms with van der Waals surface area (Å²) in [5.74, 6) is -0.740. The molecule has 0 aromatic heterocycles. The van der Waals surface area contributed by atoms with Gasteiger partial charge in [0, 0.05) is 5.57 Å². The third-order valence-electron chi connectivity index (χ3n) is 2.30. The van der Waals surface area contributed by atoms with Gasteiger partial charge in [0.05, 0.1) is 0 Å². The maximum atomic E-state index is 10.8. The number of rotatable bonds is 6. The number of allylic oxidation sites excluding steroid dienone is 1. The van der Waals surface area contributed by atoms with Crippen LogP contribution in [-0.4, -0.2) is 11.1 Å². The fourth-order valence-corrected chi connectivity index (χ4v) is 1.48. The summed E-state index contributed by atoms with van der Waals surface area (Å²) in [6, 6.07) is 0. The van der Waals surface area contributed by atoms with Gasteiger partial charge >= 0.3 is 5.97 Å². The first-order valence-corrected chi connectivity index (χ1v) is 5.11. The molecule has 76 valence electrons. The number of aliphatic carboxylic acids is 1. The lowest BCUT2D eigenvalue weighted by atomic mass is 9.98. The zero-order valence-electron chi connectivity index (χ0n) is 8.89. The lowest BCUT2D eigenvalue weighted by Crippen LogP contribution is -2.03. The molecule has 0 saturated carbocycles. The van der Waals surface area contributed by atoms with Gasteiger partial charge in [0.25, 0.3) is 0 Å². The molecule has 0 saturated heterocycles. The van der Waals surface area contributed by atoms with Crippen molar-refractivity contribution in [3.8, 4) is 0 Å². The van der Waals surface area contributed by atoms with E-state index in [1.54, 1.807) is 0 Å². The highest BCUT2D eigenvalue weighted by molar-refractivity contribution is 5.87. The highest BCUT2D eigenvalue weighted by atomic mass is 16.4. The Kier molecular flexibility index (Phi) is 6.29. The summed E-state index contributed by atoms with van der Waals surface area (Å²) in [5.41, 5.74) is 1.74. The Morgan fingerprint density at radius 3 is 2.08 bits per heavy atom. The third-order valence-corrected chi connectivity index (χ3v) is 2.30. The van der Waals surface area contributed by atoms with E-state index in [2.05, 4.69) is 6.92 Å². The standard InChI is InChI=1S/C11H20O2/c1-4-7-8-9(5-2)10(6-3)11(12)13/h4-8H2,1-3H3,(H,12,13). The van der Waals surface area contributed by atoms with Crippen molar-refractivity contribution < 1.29 is 9.90 Å². The molecule has 0 aliphatic carbocycles. The largest absolute Gasteiger partial charge is 0.478 e. The minimum absolute atomic E-state index is 0.621. The number of hydrogen-bond acceptors (Lipinski definition) is 1. The molecule has 0 fully saturated rings. The maximum absolute atomic E-state index is 10.8. The van der Waals surface area contributed by atoms with E-state index >= 15 is 0 Å². The Morgan fingerprint density at radius 2 is 1.77 bits per heavy atom. The quantitative estimate of drug-likeness (QED) is 0.642. The number of unbranched alkanes of at least 4 members (excludes halogenated alkanes) is 1. The molecule has 2 heteroatoms. The van der Waals surface area contributed by atoms with E-state index in [4.69, 9.17) is 5.11 Å². The van der Waals surface area contributed by atoms with Gasteiger partial charge < -0.3 is 5.11 Å². The molecule has 0 spiro atoms. The Hall–Kier alpha value is -0.790. The lowest BCUT2D eigenvalue weighted by molar-refractivity contribution is -0.132. The highest BCUT2D eigenvalue weighted by Gasteiger charge is 2.09. The highest BCUT2D eigenvalue weighted by Crippen LogP contribution is 2.18. The minimum atomic E-state index is -0.740. The number of carboxylic acid groups (broad SMARTS) is 1. The van der Waals surface area contributed by atoms with E-state index < -0.39 is 5.97 Å². The molecule has 0 unspecified atom stereocenters. The molecule has 13 heavy (non-hydrogen) atoms. The van der Waals surface area contributed by atoms with Crippen molar-refractivity contribution in [2.45, 2.75) is 52.9 Å². The Bertz CT molecular complexity index is 192. The molecule has 1 N–H and O–H groups in total. The Labute approximate surface area is 80.7 Å². The van der Waals surface area contributed by atoms with Crippen LogP contribution < -0.4 is 0 Å². The van der Waals surface area contributed by atoms with Crippen molar-refractivity contribution in [2.24, 2.45) is 0 Å². The van der Waals surface area contributed by atoms with Crippen LogP contribution in [0.2, 0.25) is 0 Å². The van der Waals surface area contributed by atoms with Crippen molar-refractivity contribution in [1.82, 2.24) is 0 Å². The van der Waals surface area contributed by atoms with Crippen LogP contribution in [0.5, 0.6) is 0 Å². The second-order valence-electron chi connectivity index (χ2n) is 3.20. The molecule has 0 aromatic carbocycles. The predicted molar refractivity (Wildman–Crippen MR) is 54.8 cm³/mol. The van der Waals surface area contributed by atoms with E-state index in [9.17, 15) is 4.79 Å². The molecule has 0 amide bonds. The molecule has 0 atom stereocenters. The predicted octanol–water partition coefficient (Wildman–Crippen LogP) is 3.38. The van der Waals surface area contributed by atoms with Crippen LogP contribution in [-0.2, 0) is 4.79 Å². The fraction of sp³-hybridized carbons (Fsp3) is 0.727. The van der Waals surface area contributed by atoms with Crippen LogP contribution in [0, 0.1) is 0 Å². The minimum Gasteiger partial charge on any atom is -0.478 e. The molecule has 0 rings (SSSR count). The second kappa shape index (κ2) is 6.70. The number of carbonyl (C=O) groups is 1. The monoisotopic (exact) mass is 184 g/mol. The second-order valence-corrected chi connectivity index (χ2v) is 3.20. The van der Waals surface area contributed by atoms with Gasteiger partial charge in [0.2, 0.25) is 0 Å². The molecular weight excluding hydrogens is 164 g/mol. The Balaban J connectivity index is 4.51. The lowest BCUT2D eigenvalue weighted by Gasteiger charge is -2.08. The number of carboxylic acids is 1. The van der Waals surface area contributed by atoms with Crippen LogP contribution in [0.15, 0.2) is 11.1 Å².